The summed E-state index contributed by atoms with van der Waals surface area (Å²) in [5.41, 5.74) is 1.30. The number of rotatable bonds is 3. The molecule has 108 valence electrons. The molecule has 0 fully saturated rings. The Morgan fingerprint density at radius 2 is 2.05 bits per heavy atom. The maximum absolute atomic E-state index is 12.8. The number of allylic oxidation sites excluding steroid dienone is 6. The van der Waals surface area contributed by atoms with E-state index in [2.05, 4.69) is 11.6 Å². The summed E-state index contributed by atoms with van der Waals surface area (Å²) >= 11 is 0. The molecule has 0 aromatic heterocycles. The molecule has 4 heteroatoms. The highest BCUT2D eigenvalue weighted by Gasteiger charge is 2.30. The van der Waals surface area contributed by atoms with Crippen molar-refractivity contribution in [3.05, 3.63) is 78.6 Å². The van der Waals surface area contributed by atoms with Gasteiger partial charge >= 0.3 is 6.18 Å². The van der Waals surface area contributed by atoms with E-state index >= 15 is 0 Å². The van der Waals surface area contributed by atoms with Crippen LogP contribution in [-0.2, 0) is 6.18 Å². The first-order chi connectivity index (χ1) is 10.0. The molecule has 1 nitrogen and oxygen atoms in total. The van der Waals surface area contributed by atoms with E-state index in [1.165, 1.54) is 6.07 Å². The zero-order chi connectivity index (χ0) is 15.3. The van der Waals surface area contributed by atoms with Gasteiger partial charge in [-0.15, -0.1) is 0 Å². The molecule has 0 heterocycles. The van der Waals surface area contributed by atoms with Crippen molar-refractivity contribution in [1.29, 1.82) is 0 Å². The topological polar surface area (TPSA) is 12.4 Å². The Balaban J connectivity index is 2.41. The van der Waals surface area contributed by atoms with Gasteiger partial charge in [0.25, 0.3) is 0 Å². The summed E-state index contributed by atoms with van der Waals surface area (Å²) in [6.07, 6.45) is 6.61. The molecule has 0 atom stereocenters. The van der Waals surface area contributed by atoms with Gasteiger partial charge in [-0.2, -0.15) is 13.2 Å². The van der Waals surface area contributed by atoms with Crippen LogP contribution in [0.1, 0.15) is 17.5 Å². The molecule has 0 N–H and O–H groups in total. The Morgan fingerprint density at radius 3 is 2.76 bits per heavy atom. The van der Waals surface area contributed by atoms with Crippen molar-refractivity contribution < 1.29 is 13.2 Å². The minimum atomic E-state index is -4.35. The summed E-state index contributed by atoms with van der Waals surface area (Å²) < 4.78 is 38.4. The van der Waals surface area contributed by atoms with Gasteiger partial charge in [0.2, 0.25) is 0 Å². The lowest BCUT2D eigenvalue weighted by atomic mass is 9.94. The van der Waals surface area contributed by atoms with E-state index in [1.54, 1.807) is 30.5 Å². The summed E-state index contributed by atoms with van der Waals surface area (Å²) in [7, 11) is 0. The van der Waals surface area contributed by atoms with Crippen LogP contribution in [0.2, 0.25) is 0 Å². The van der Waals surface area contributed by atoms with Gasteiger partial charge in [-0.1, -0.05) is 43.0 Å². The van der Waals surface area contributed by atoms with Crippen molar-refractivity contribution >= 4 is 11.3 Å². The molecule has 21 heavy (non-hydrogen) atoms. The maximum Gasteiger partial charge on any atom is 0.416 e. The standard InChI is InChI=1S/C17H14F3N/c1-2-3-11-21-16-10-5-4-9-15(16)13-7-6-8-14(12-13)17(18,19)20/h2-9,11-12H,1,10H2/b11-3-,21-16?. The molecule has 0 aliphatic heterocycles. The first kappa shape index (κ1) is 15.0. The molecule has 0 bridgehead atoms. The Hall–Kier alpha value is -2.36. The van der Waals surface area contributed by atoms with E-state index in [4.69, 9.17) is 0 Å². The highest BCUT2D eigenvalue weighted by molar-refractivity contribution is 6.25. The molecular weight excluding hydrogens is 275 g/mol. The molecule has 1 aromatic rings. The van der Waals surface area contributed by atoms with Gasteiger partial charge in [-0.3, -0.25) is 4.99 Å². The average Bonchev–Trinajstić information content (AvgIpc) is 2.47. The summed E-state index contributed by atoms with van der Waals surface area (Å²) in [5.74, 6) is 0. The van der Waals surface area contributed by atoms with Crippen molar-refractivity contribution in [2.24, 2.45) is 4.99 Å². The van der Waals surface area contributed by atoms with Gasteiger partial charge < -0.3 is 0 Å². The summed E-state index contributed by atoms with van der Waals surface area (Å²) in [5, 5.41) is 0. The van der Waals surface area contributed by atoms with E-state index in [9.17, 15) is 13.2 Å². The summed E-state index contributed by atoms with van der Waals surface area (Å²) in [6, 6.07) is 5.29. The van der Waals surface area contributed by atoms with Crippen LogP contribution < -0.4 is 0 Å². The minimum absolute atomic E-state index is 0.514. The average molecular weight is 289 g/mol. The first-order valence-corrected chi connectivity index (χ1v) is 6.41. The number of halogens is 3. The van der Waals surface area contributed by atoms with Crippen molar-refractivity contribution in [2.45, 2.75) is 12.6 Å². The predicted octanol–water partition coefficient (Wildman–Crippen LogP) is 5.19. The van der Waals surface area contributed by atoms with Crippen molar-refractivity contribution in [3.8, 4) is 0 Å². The molecule has 0 unspecified atom stereocenters. The Morgan fingerprint density at radius 1 is 1.24 bits per heavy atom. The zero-order valence-corrected chi connectivity index (χ0v) is 11.3. The normalized spacial score (nSPS) is 17.3. The van der Waals surface area contributed by atoms with Gasteiger partial charge in [-0.05, 0) is 23.8 Å². The Labute approximate surface area is 121 Å². The molecule has 0 saturated carbocycles. The molecule has 0 saturated heterocycles. The lowest BCUT2D eigenvalue weighted by Gasteiger charge is -2.14. The summed E-state index contributed by atoms with van der Waals surface area (Å²) in [4.78, 5) is 4.29. The van der Waals surface area contributed by atoms with Gasteiger partial charge in [0, 0.05) is 18.2 Å². The van der Waals surface area contributed by atoms with Crippen LogP contribution in [0.15, 0.2) is 72.4 Å². The lowest BCUT2D eigenvalue weighted by Crippen LogP contribution is -2.08. The van der Waals surface area contributed by atoms with Crippen LogP contribution in [0.3, 0.4) is 0 Å². The third-order valence-corrected chi connectivity index (χ3v) is 2.97. The SMILES string of the molecule is C=C/C=C\N=C1CC=CC=C1c1cccc(C(F)(F)F)c1. The molecule has 1 aliphatic carbocycles. The number of alkyl halides is 3. The molecule has 0 amide bonds. The van der Waals surface area contributed by atoms with Crippen LogP contribution in [0, 0.1) is 0 Å². The fourth-order valence-corrected chi connectivity index (χ4v) is 1.99. The second-order valence-electron chi connectivity index (χ2n) is 4.44. The fourth-order valence-electron chi connectivity index (χ4n) is 1.99. The predicted molar refractivity (Wildman–Crippen MR) is 80.0 cm³/mol. The first-order valence-electron chi connectivity index (χ1n) is 6.41. The second-order valence-corrected chi connectivity index (χ2v) is 4.44. The van der Waals surface area contributed by atoms with Crippen molar-refractivity contribution in [1.82, 2.24) is 0 Å². The van der Waals surface area contributed by atoms with Crippen LogP contribution in [0.25, 0.3) is 5.57 Å². The highest BCUT2D eigenvalue weighted by Crippen LogP contribution is 2.32. The van der Waals surface area contributed by atoms with Crippen molar-refractivity contribution in [3.63, 3.8) is 0 Å². The molecule has 1 aliphatic rings. The smallest absolute Gasteiger partial charge is 0.260 e. The third kappa shape index (κ3) is 3.81. The molecule has 2 rings (SSSR count). The number of hydrogen-bond donors (Lipinski definition) is 0. The molecule has 0 radical (unpaired) electrons. The molecule has 1 aromatic carbocycles. The largest absolute Gasteiger partial charge is 0.416 e. The van der Waals surface area contributed by atoms with Crippen LogP contribution in [0.5, 0.6) is 0 Å². The Kier molecular flexibility index (Phi) is 4.58. The monoisotopic (exact) mass is 289 g/mol. The van der Waals surface area contributed by atoms with E-state index in [-0.39, 0.29) is 0 Å². The van der Waals surface area contributed by atoms with Gasteiger partial charge in [0.1, 0.15) is 0 Å². The number of nitrogens with zero attached hydrogens (tertiary/aromatic N) is 1. The quantitative estimate of drug-likeness (QED) is 0.679. The zero-order valence-electron chi connectivity index (χ0n) is 11.3. The second kappa shape index (κ2) is 6.39. The Bertz CT molecular complexity index is 646. The third-order valence-electron chi connectivity index (χ3n) is 2.97. The van der Waals surface area contributed by atoms with E-state index in [1.807, 2.05) is 12.2 Å². The highest BCUT2D eigenvalue weighted by atomic mass is 19.4. The number of hydrogen-bond acceptors (Lipinski definition) is 1. The fraction of sp³-hybridized carbons (Fsp3) is 0.118. The number of benzene rings is 1. The van der Waals surface area contributed by atoms with Crippen LogP contribution in [0.4, 0.5) is 13.2 Å². The summed E-state index contributed by atoms with van der Waals surface area (Å²) in [6.45, 7) is 3.55. The van der Waals surface area contributed by atoms with Crippen LogP contribution >= 0.6 is 0 Å². The van der Waals surface area contributed by atoms with E-state index < -0.39 is 11.7 Å². The maximum atomic E-state index is 12.8. The molecular formula is C17H14F3N. The minimum Gasteiger partial charge on any atom is -0.260 e. The number of aliphatic imine (C=N–C) groups is 1. The van der Waals surface area contributed by atoms with Gasteiger partial charge in [0.05, 0.1) is 11.3 Å². The van der Waals surface area contributed by atoms with Crippen LogP contribution in [-0.4, -0.2) is 5.71 Å². The van der Waals surface area contributed by atoms with E-state index in [0.717, 1.165) is 17.8 Å². The van der Waals surface area contributed by atoms with E-state index in [0.29, 0.717) is 17.6 Å². The van der Waals surface area contributed by atoms with Gasteiger partial charge in [0.15, 0.2) is 0 Å². The molecule has 0 spiro atoms. The van der Waals surface area contributed by atoms with Crippen molar-refractivity contribution in [2.75, 3.05) is 0 Å². The van der Waals surface area contributed by atoms with Gasteiger partial charge in [-0.25, -0.2) is 0 Å². The lowest BCUT2D eigenvalue weighted by molar-refractivity contribution is -0.137.